The Morgan fingerprint density at radius 2 is 0.923 bits per heavy atom. The van der Waals surface area contributed by atoms with Gasteiger partial charge in [-0.25, -0.2) is 0 Å². The van der Waals surface area contributed by atoms with E-state index in [9.17, 15) is 19.8 Å². The Labute approximate surface area is 169 Å². The third-order valence-electron chi connectivity index (χ3n) is 2.18. The summed E-state index contributed by atoms with van der Waals surface area (Å²) in [7, 11) is 4.20. The van der Waals surface area contributed by atoms with E-state index in [1.54, 1.807) is 49.1 Å². The first-order chi connectivity index (χ1) is 10.6. The fraction of sp³-hybridized carbons (Fsp3) is 0.143. The second kappa shape index (κ2) is 23.2. The molecule has 0 aliphatic rings. The summed E-state index contributed by atoms with van der Waals surface area (Å²) in [6.45, 7) is -0.165. The number of aromatic nitrogens is 2. The van der Waals surface area contributed by atoms with Crippen LogP contribution in [0.4, 0.5) is 0 Å². The van der Waals surface area contributed by atoms with Crippen LogP contribution in [0, 0.1) is 0 Å². The Bertz CT molecular complexity index is 514. The van der Waals surface area contributed by atoms with Crippen molar-refractivity contribution in [3.8, 4) is 0 Å². The molecule has 2 aromatic heterocycles. The first-order valence-corrected chi connectivity index (χ1v) is 7.27. The van der Waals surface area contributed by atoms with Gasteiger partial charge in [0.15, 0.2) is 37.9 Å². The molecule has 9 nitrogen and oxygen atoms in total. The summed E-state index contributed by atoms with van der Waals surface area (Å²) in [6.07, 6.45) is 6.71. The summed E-state index contributed by atoms with van der Waals surface area (Å²) in [6, 6.07) is 10.7. The third-order valence-corrected chi connectivity index (χ3v) is 2.18. The van der Waals surface area contributed by atoms with Gasteiger partial charge in [0.2, 0.25) is 0 Å². The van der Waals surface area contributed by atoms with Gasteiger partial charge in [0.05, 0.1) is 0 Å². The van der Waals surface area contributed by atoms with Gasteiger partial charge in [-0.15, -0.1) is 0 Å². The number of hydrogen-bond acceptors (Lipinski definition) is 4. The minimum atomic E-state index is -1.07. The van der Waals surface area contributed by atoms with Crippen molar-refractivity contribution in [3.63, 3.8) is 0 Å². The summed E-state index contributed by atoms with van der Waals surface area (Å²) in [4.78, 5) is 20.1. The maximum absolute atomic E-state index is 10.0. The van der Waals surface area contributed by atoms with Gasteiger partial charge < -0.3 is 48.6 Å². The maximum atomic E-state index is 10.0. The van der Waals surface area contributed by atoms with Gasteiger partial charge in [-0.05, 0) is 0 Å². The van der Waals surface area contributed by atoms with Crippen LogP contribution in [0.25, 0.3) is 0 Å². The van der Waals surface area contributed by atoms with Crippen molar-refractivity contribution in [2.45, 2.75) is 13.1 Å². The molecule has 0 atom stereocenters. The van der Waals surface area contributed by atoms with E-state index in [1.807, 2.05) is 12.1 Å². The SMILES string of the molecule is O.O.O.O=C([O-])C[n+]1ccccc1.O=C([O-])C[n+]1ccccc1.[Cl-].[Cl][Cu+]. The molecule has 0 unspecified atom stereocenters. The van der Waals surface area contributed by atoms with E-state index >= 15 is 0 Å². The molecule has 0 saturated carbocycles. The zero-order valence-electron chi connectivity index (χ0n) is 13.3. The Hall–Kier alpha value is -1.78. The molecule has 0 fully saturated rings. The number of pyridine rings is 2. The topological polar surface area (TPSA) is 183 Å². The van der Waals surface area contributed by atoms with E-state index in [0.717, 1.165) is 0 Å². The molecule has 153 valence electrons. The molecule has 0 spiro atoms. The number of rotatable bonds is 4. The molecule has 0 radical (unpaired) electrons. The molecule has 2 aromatic rings. The number of hydrogen-bond donors (Lipinski definition) is 0. The van der Waals surface area contributed by atoms with Crippen molar-refractivity contribution >= 4 is 22.0 Å². The Balaban J connectivity index is -0.0000000904. The molecule has 6 N–H and O–H groups in total. The second-order valence-corrected chi connectivity index (χ2v) is 3.84. The van der Waals surface area contributed by atoms with Gasteiger partial charge in [-0.3, -0.25) is 0 Å². The van der Waals surface area contributed by atoms with Crippen LogP contribution < -0.4 is 31.8 Å². The second-order valence-electron chi connectivity index (χ2n) is 3.84. The van der Waals surface area contributed by atoms with Crippen LogP contribution in [0.15, 0.2) is 61.2 Å². The summed E-state index contributed by atoms with van der Waals surface area (Å²) < 4.78 is 3.07. The molecule has 12 heteroatoms. The van der Waals surface area contributed by atoms with E-state index in [2.05, 4.69) is 25.2 Å². The number of nitrogens with zero attached hydrogens (tertiary/aromatic N) is 2. The first-order valence-electron chi connectivity index (χ1n) is 5.97. The van der Waals surface area contributed by atoms with Crippen LogP contribution in [0.1, 0.15) is 0 Å². The predicted octanol–water partition coefficient (Wildman–Crippen LogP) is -7.34. The summed E-state index contributed by atoms with van der Waals surface area (Å²) in [5.74, 6) is -2.15. The van der Waals surface area contributed by atoms with Crippen LogP contribution >= 0.6 is 10.1 Å². The summed E-state index contributed by atoms with van der Waals surface area (Å²) >= 11 is 3.66. The average molecular weight is 463 g/mol. The van der Waals surface area contributed by atoms with Crippen LogP contribution in [-0.4, -0.2) is 28.4 Å². The molecule has 0 aliphatic carbocycles. The summed E-state index contributed by atoms with van der Waals surface area (Å²) in [5.41, 5.74) is 0. The zero-order valence-corrected chi connectivity index (χ0v) is 15.7. The monoisotopic (exact) mass is 461 g/mol. The van der Waals surface area contributed by atoms with Gasteiger partial charge in [0.25, 0.3) is 0 Å². The van der Waals surface area contributed by atoms with Crippen molar-refractivity contribution in [2.24, 2.45) is 0 Å². The Morgan fingerprint density at radius 1 is 0.692 bits per heavy atom. The fourth-order valence-electron chi connectivity index (χ4n) is 1.38. The van der Waals surface area contributed by atoms with Crippen molar-refractivity contribution in [3.05, 3.63) is 61.2 Å². The number of carboxylic acids is 2. The average Bonchev–Trinajstić information content (AvgIpc) is 2.51. The molecule has 0 saturated heterocycles. The van der Waals surface area contributed by atoms with E-state index in [4.69, 9.17) is 0 Å². The van der Waals surface area contributed by atoms with Crippen LogP contribution in [0.3, 0.4) is 0 Å². The zero-order chi connectivity index (χ0) is 16.8. The van der Waals surface area contributed by atoms with E-state index < -0.39 is 11.9 Å². The summed E-state index contributed by atoms with van der Waals surface area (Å²) in [5, 5.41) is 20.1. The molecule has 0 amide bonds. The van der Waals surface area contributed by atoms with Crippen molar-refractivity contribution in [2.75, 3.05) is 0 Å². The quantitative estimate of drug-likeness (QED) is 0.323. The molecule has 2 rings (SSSR count). The molecule has 0 bridgehead atoms. The van der Waals surface area contributed by atoms with Gasteiger partial charge in [-0.1, -0.05) is 12.1 Å². The standard InChI is InChI=1S/2C7H7NO2.2ClH.Cu.3H2O/c2*9-7(10)6-8-4-2-1-3-5-8;;;;;;/h2*1-5H,6H2;2*1H;;3*1H2/q;;;;+2;;;/p-2. The number of carbonyl (C=O) groups excluding carboxylic acids is 2. The van der Waals surface area contributed by atoms with Gasteiger partial charge >= 0.3 is 25.2 Å². The number of halogens is 2. The first kappa shape index (κ1) is 35.3. The number of aliphatic carboxylic acids is 2. The van der Waals surface area contributed by atoms with E-state index in [1.165, 1.54) is 9.13 Å². The minimum absolute atomic E-state index is 0. The molecule has 0 aromatic carbocycles. The number of carboxylic acid groups (broad SMARTS) is 2. The van der Waals surface area contributed by atoms with E-state index in [-0.39, 0.29) is 41.9 Å². The number of carbonyl (C=O) groups is 2. The third kappa shape index (κ3) is 20.3. The van der Waals surface area contributed by atoms with Gasteiger partial charge in [0.1, 0.15) is 11.9 Å². The van der Waals surface area contributed by atoms with Crippen molar-refractivity contribution in [1.29, 1.82) is 0 Å². The predicted molar refractivity (Wildman–Crippen MR) is 80.0 cm³/mol. The molecule has 26 heavy (non-hydrogen) atoms. The van der Waals surface area contributed by atoms with Crippen LogP contribution in [-0.2, 0) is 37.8 Å². The van der Waals surface area contributed by atoms with Gasteiger partial charge in [-0.2, -0.15) is 9.13 Å². The van der Waals surface area contributed by atoms with Gasteiger partial charge in [0, 0.05) is 24.3 Å². The molecule has 0 aliphatic heterocycles. The molecular formula is C14H20Cl2CuN2O7. The van der Waals surface area contributed by atoms with Crippen molar-refractivity contribution < 1.29 is 72.9 Å². The Morgan fingerprint density at radius 3 is 1.12 bits per heavy atom. The normalized spacial score (nSPS) is 7.35. The van der Waals surface area contributed by atoms with E-state index in [0.29, 0.717) is 0 Å². The molecular weight excluding hydrogens is 443 g/mol. The fourth-order valence-corrected chi connectivity index (χ4v) is 1.38. The van der Waals surface area contributed by atoms with Crippen LogP contribution in [0.5, 0.6) is 0 Å². The Kier molecular flexibility index (Phi) is 31.6. The van der Waals surface area contributed by atoms with Crippen LogP contribution in [0.2, 0.25) is 0 Å². The molecule has 2 heterocycles. The van der Waals surface area contributed by atoms with Crippen molar-refractivity contribution in [1.82, 2.24) is 0 Å².